The van der Waals surface area contributed by atoms with Crippen molar-refractivity contribution in [2.24, 2.45) is 0 Å². The standard InChI is InChI=1S/C25H28ClN5O2/c1-25(2,3)33-24(32)31-10-4-5-16(14-31)15-6-7-20-22(11-15)30-23(29-20)28-17-12-19(26)18-8-9-27-21(18)13-17/h6-9,11-13,16,27H,4-5,10,14H2,1-3H3,(H2,28,29,30). The van der Waals surface area contributed by atoms with E-state index in [-0.39, 0.29) is 12.0 Å². The number of likely N-dealkylation sites (tertiary alicyclic amines) is 1. The molecule has 0 spiro atoms. The van der Waals surface area contributed by atoms with Crippen molar-refractivity contribution < 1.29 is 9.53 Å². The maximum atomic E-state index is 12.5. The van der Waals surface area contributed by atoms with Crippen molar-refractivity contribution >= 4 is 51.3 Å². The molecule has 2 aromatic carbocycles. The van der Waals surface area contributed by atoms with E-state index in [0.717, 1.165) is 47.0 Å². The fourth-order valence-corrected chi connectivity index (χ4v) is 4.69. The molecule has 33 heavy (non-hydrogen) atoms. The van der Waals surface area contributed by atoms with Crippen LogP contribution < -0.4 is 5.32 Å². The normalized spacial score (nSPS) is 17.0. The zero-order chi connectivity index (χ0) is 23.2. The number of hydrogen-bond donors (Lipinski definition) is 3. The van der Waals surface area contributed by atoms with E-state index in [4.69, 9.17) is 21.3 Å². The molecule has 2 aromatic heterocycles. The summed E-state index contributed by atoms with van der Waals surface area (Å²) < 4.78 is 5.57. The number of ether oxygens (including phenoxy) is 1. The van der Waals surface area contributed by atoms with Crippen LogP contribution in [0.15, 0.2) is 42.6 Å². The van der Waals surface area contributed by atoms with E-state index < -0.39 is 5.60 Å². The van der Waals surface area contributed by atoms with Crippen LogP contribution in [0.2, 0.25) is 5.02 Å². The molecule has 3 heterocycles. The lowest BCUT2D eigenvalue weighted by molar-refractivity contribution is 0.0198. The van der Waals surface area contributed by atoms with Gasteiger partial charge in [0.2, 0.25) is 5.95 Å². The molecule has 4 aromatic rings. The van der Waals surface area contributed by atoms with Gasteiger partial charge in [0, 0.05) is 41.8 Å². The first-order valence-corrected chi connectivity index (χ1v) is 11.6. The number of aromatic amines is 2. The molecule has 1 saturated heterocycles. The second-order valence-corrected chi connectivity index (χ2v) is 10.1. The average Bonchev–Trinajstić information content (AvgIpc) is 3.38. The van der Waals surface area contributed by atoms with Gasteiger partial charge in [-0.3, -0.25) is 0 Å². The predicted octanol–water partition coefficient (Wildman–Crippen LogP) is 6.56. The molecule has 5 rings (SSSR count). The Morgan fingerprint density at radius 3 is 2.88 bits per heavy atom. The van der Waals surface area contributed by atoms with Crippen molar-refractivity contribution in [3.05, 3.63) is 53.2 Å². The molecular weight excluding hydrogens is 438 g/mol. The quantitative estimate of drug-likeness (QED) is 0.320. The first-order valence-electron chi connectivity index (χ1n) is 11.3. The first-order chi connectivity index (χ1) is 15.7. The predicted molar refractivity (Wildman–Crippen MR) is 132 cm³/mol. The first kappa shape index (κ1) is 21.6. The number of aromatic nitrogens is 3. The third kappa shape index (κ3) is 4.64. The molecule has 1 fully saturated rings. The van der Waals surface area contributed by atoms with Crippen LogP contribution in [0.4, 0.5) is 16.4 Å². The molecule has 3 N–H and O–H groups in total. The summed E-state index contributed by atoms with van der Waals surface area (Å²) >= 11 is 6.40. The van der Waals surface area contributed by atoms with Crippen LogP contribution in [0.1, 0.15) is 45.1 Å². The van der Waals surface area contributed by atoms with E-state index in [1.165, 1.54) is 5.56 Å². The zero-order valence-electron chi connectivity index (χ0n) is 19.0. The Kier molecular flexibility index (Phi) is 5.44. The molecule has 7 nitrogen and oxygen atoms in total. The Labute approximate surface area is 197 Å². The number of fused-ring (bicyclic) bond motifs is 2. The molecule has 1 atom stereocenters. The van der Waals surface area contributed by atoms with Gasteiger partial charge in [-0.2, -0.15) is 0 Å². The molecular formula is C25H28ClN5O2. The van der Waals surface area contributed by atoms with Crippen LogP contribution >= 0.6 is 11.6 Å². The highest BCUT2D eigenvalue weighted by Gasteiger charge is 2.28. The summed E-state index contributed by atoms with van der Waals surface area (Å²) in [6.45, 7) is 7.08. The van der Waals surface area contributed by atoms with Gasteiger partial charge in [0.25, 0.3) is 0 Å². The number of imidazole rings is 1. The number of carbonyl (C=O) groups excluding carboxylic acids is 1. The van der Waals surface area contributed by atoms with Crippen LogP contribution in [0.5, 0.6) is 0 Å². The molecule has 0 saturated carbocycles. The lowest BCUT2D eigenvalue weighted by atomic mass is 9.90. The van der Waals surface area contributed by atoms with E-state index in [2.05, 4.69) is 33.5 Å². The van der Waals surface area contributed by atoms with Gasteiger partial charge in [-0.25, -0.2) is 9.78 Å². The van der Waals surface area contributed by atoms with Gasteiger partial charge in [0.05, 0.1) is 16.1 Å². The van der Waals surface area contributed by atoms with E-state index >= 15 is 0 Å². The van der Waals surface area contributed by atoms with Crippen molar-refractivity contribution in [1.82, 2.24) is 19.9 Å². The lowest BCUT2D eigenvalue weighted by Crippen LogP contribution is -2.42. The number of benzene rings is 2. The molecule has 1 aliphatic rings. The summed E-state index contributed by atoms with van der Waals surface area (Å²) in [5.74, 6) is 0.918. The Morgan fingerprint density at radius 1 is 1.21 bits per heavy atom. The monoisotopic (exact) mass is 465 g/mol. The summed E-state index contributed by atoms with van der Waals surface area (Å²) in [7, 11) is 0. The SMILES string of the molecule is CC(C)(C)OC(=O)N1CCCC(c2ccc3[nH]c(Nc4cc(Cl)c5cc[nH]c5c4)nc3c2)C1. The third-order valence-corrected chi connectivity index (χ3v) is 6.25. The molecule has 1 unspecified atom stereocenters. The van der Waals surface area contributed by atoms with Gasteiger partial charge in [-0.15, -0.1) is 0 Å². The minimum Gasteiger partial charge on any atom is -0.444 e. The number of H-pyrrole nitrogens is 2. The van der Waals surface area contributed by atoms with Crippen LogP contribution in [0.25, 0.3) is 21.9 Å². The second-order valence-electron chi connectivity index (χ2n) is 9.65. The minimum atomic E-state index is -0.489. The van der Waals surface area contributed by atoms with Gasteiger partial charge in [0.1, 0.15) is 5.60 Å². The smallest absolute Gasteiger partial charge is 0.410 e. The summed E-state index contributed by atoms with van der Waals surface area (Å²) in [4.78, 5) is 25.6. The van der Waals surface area contributed by atoms with Crippen molar-refractivity contribution in [2.75, 3.05) is 18.4 Å². The van der Waals surface area contributed by atoms with Crippen LogP contribution in [-0.4, -0.2) is 44.6 Å². The fraction of sp³-hybridized carbons (Fsp3) is 0.360. The van der Waals surface area contributed by atoms with Gasteiger partial charge >= 0.3 is 6.09 Å². The number of piperidine rings is 1. The van der Waals surface area contributed by atoms with Gasteiger partial charge in [-0.1, -0.05) is 17.7 Å². The maximum absolute atomic E-state index is 12.5. The van der Waals surface area contributed by atoms with Crippen molar-refractivity contribution in [1.29, 1.82) is 0 Å². The second kappa shape index (κ2) is 8.30. The van der Waals surface area contributed by atoms with Gasteiger partial charge < -0.3 is 24.9 Å². The Bertz CT molecular complexity index is 1320. The number of rotatable bonds is 3. The number of anilines is 2. The van der Waals surface area contributed by atoms with E-state index in [1.54, 1.807) is 0 Å². The highest BCUT2D eigenvalue weighted by atomic mass is 35.5. The number of hydrogen-bond acceptors (Lipinski definition) is 4. The fourth-order valence-electron chi connectivity index (χ4n) is 4.41. The number of amides is 1. The zero-order valence-corrected chi connectivity index (χ0v) is 19.8. The highest BCUT2D eigenvalue weighted by molar-refractivity contribution is 6.35. The van der Waals surface area contributed by atoms with Crippen molar-refractivity contribution in [3.63, 3.8) is 0 Å². The summed E-state index contributed by atoms with van der Waals surface area (Å²) in [5.41, 5.74) is 4.36. The molecule has 1 aliphatic heterocycles. The summed E-state index contributed by atoms with van der Waals surface area (Å²) in [6, 6.07) is 12.1. The highest BCUT2D eigenvalue weighted by Crippen LogP contribution is 2.31. The van der Waals surface area contributed by atoms with E-state index in [1.807, 2.05) is 50.1 Å². The Morgan fingerprint density at radius 2 is 2.06 bits per heavy atom. The van der Waals surface area contributed by atoms with Crippen molar-refractivity contribution in [3.8, 4) is 0 Å². The van der Waals surface area contributed by atoms with Crippen molar-refractivity contribution in [2.45, 2.75) is 45.1 Å². The molecule has 8 heteroatoms. The Hall–Kier alpha value is -3.19. The number of carbonyl (C=O) groups is 1. The average molecular weight is 466 g/mol. The maximum Gasteiger partial charge on any atom is 0.410 e. The van der Waals surface area contributed by atoms with E-state index in [0.29, 0.717) is 17.5 Å². The van der Waals surface area contributed by atoms with Gasteiger partial charge in [0.15, 0.2) is 0 Å². The van der Waals surface area contributed by atoms with E-state index in [9.17, 15) is 4.79 Å². The summed E-state index contributed by atoms with van der Waals surface area (Å²) in [5, 5.41) is 4.99. The van der Waals surface area contributed by atoms with Crippen LogP contribution in [-0.2, 0) is 4.74 Å². The van der Waals surface area contributed by atoms with Crippen LogP contribution in [0, 0.1) is 0 Å². The Balaban J connectivity index is 1.34. The third-order valence-electron chi connectivity index (χ3n) is 5.93. The topological polar surface area (TPSA) is 86.0 Å². The molecule has 0 bridgehead atoms. The van der Waals surface area contributed by atoms with Crippen LogP contribution in [0.3, 0.4) is 0 Å². The molecule has 1 amide bonds. The molecule has 172 valence electrons. The number of nitrogens with one attached hydrogen (secondary N) is 3. The number of nitrogens with zero attached hydrogens (tertiary/aromatic N) is 2. The molecule has 0 radical (unpaired) electrons. The number of halogens is 1. The minimum absolute atomic E-state index is 0.239. The van der Waals surface area contributed by atoms with Gasteiger partial charge in [-0.05, 0) is 69.5 Å². The lowest BCUT2D eigenvalue weighted by Gasteiger charge is -2.34. The largest absolute Gasteiger partial charge is 0.444 e. The summed E-state index contributed by atoms with van der Waals surface area (Å²) in [6.07, 6.45) is 3.63. The molecule has 0 aliphatic carbocycles.